The van der Waals surface area contributed by atoms with E-state index in [-0.39, 0.29) is 35.1 Å². The third kappa shape index (κ3) is 2.14. The van der Waals surface area contributed by atoms with Crippen LogP contribution in [0, 0.1) is 17.8 Å². The number of allylic oxidation sites excluding steroid dienone is 1. The van der Waals surface area contributed by atoms with Crippen LogP contribution in [0.3, 0.4) is 0 Å². The lowest BCUT2D eigenvalue weighted by atomic mass is 9.81. The van der Waals surface area contributed by atoms with Crippen molar-refractivity contribution in [3.63, 3.8) is 0 Å². The van der Waals surface area contributed by atoms with E-state index in [1.165, 1.54) is 29.2 Å². The summed E-state index contributed by atoms with van der Waals surface area (Å²) in [4.78, 5) is 36.9. The van der Waals surface area contributed by atoms with Crippen molar-refractivity contribution in [2.24, 2.45) is 17.8 Å². The number of hydrogen-bond acceptors (Lipinski definition) is 3. The molecule has 1 aliphatic carbocycles. The minimum atomic E-state index is -1.04. The van der Waals surface area contributed by atoms with E-state index in [4.69, 9.17) is 5.11 Å². The maximum absolute atomic E-state index is 12.5. The van der Waals surface area contributed by atoms with Crippen LogP contribution in [-0.4, -0.2) is 22.9 Å². The van der Waals surface area contributed by atoms with E-state index in [0.29, 0.717) is 12.1 Å². The van der Waals surface area contributed by atoms with Gasteiger partial charge in [-0.15, -0.1) is 0 Å². The molecule has 21 heavy (non-hydrogen) atoms. The Morgan fingerprint density at radius 2 is 1.81 bits per heavy atom. The molecule has 0 saturated carbocycles. The number of benzene rings is 1. The summed E-state index contributed by atoms with van der Waals surface area (Å²) in [6.45, 7) is 2.02. The van der Waals surface area contributed by atoms with Gasteiger partial charge in [0, 0.05) is 0 Å². The molecule has 3 rings (SSSR count). The summed E-state index contributed by atoms with van der Waals surface area (Å²) in [6, 6.07) is 5.81. The normalized spacial score (nSPS) is 27.9. The van der Waals surface area contributed by atoms with Crippen molar-refractivity contribution in [2.45, 2.75) is 13.3 Å². The lowest BCUT2D eigenvalue weighted by Gasteiger charge is -2.19. The summed E-state index contributed by atoms with van der Waals surface area (Å²) < 4.78 is 0. The molecular formula is C16H15NO4. The third-order valence-electron chi connectivity index (χ3n) is 4.12. The van der Waals surface area contributed by atoms with E-state index in [9.17, 15) is 14.4 Å². The van der Waals surface area contributed by atoms with Crippen LogP contribution < -0.4 is 4.90 Å². The Hall–Kier alpha value is -2.43. The van der Waals surface area contributed by atoms with Crippen molar-refractivity contribution in [1.29, 1.82) is 0 Å². The molecule has 0 bridgehead atoms. The fourth-order valence-electron chi connectivity index (χ4n) is 3.01. The molecule has 5 nitrogen and oxygen atoms in total. The molecule has 1 fully saturated rings. The fourth-order valence-corrected chi connectivity index (χ4v) is 3.01. The van der Waals surface area contributed by atoms with Gasteiger partial charge in [-0.1, -0.05) is 19.1 Å². The number of imide groups is 1. The Morgan fingerprint density at radius 3 is 2.43 bits per heavy atom. The van der Waals surface area contributed by atoms with E-state index >= 15 is 0 Å². The highest BCUT2D eigenvalue weighted by molar-refractivity contribution is 6.22. The van der Waals surface area contributed by atoms with Crippen LogP contribution in [0.25, 0.3) is 0 Å². The van der Waals surface area contributed by atoms with Crippen molar-refractivity contribution in [1.82, 2.24) is 0 Å². The molecule has 2 aliphatic rings. The number of hydrogen-bond donors (Lipinski definition) is 1. The summed E-state index contributed by atoms with van der Waals surface area (Å²) in [7, 11) is 0. The maximum atomic E-state index is 12.5. The Labute approximate surface area is 121 Å². The largest absolute Gasteiger partial charge is 0.478 e. The molecule has 0 unspecified atom stereocenters. The SMILES string of the molecule is C[C@@H]1C=C[C@H]2C(=O)N(c3ccc(C(=O)O)cc3)C(=O)[C@H]2C1. The second-order valence-electron chi connectivity index (χ2n) is 5.59. The lowest BCUT2D eigenvalue weighted by molar-refractivity contribution is -0.122. The number of carbonyl (C=O) groups excluding carboxylic acids is 2. The van der Waals surface area contributed by atoms with Crippen LogP contribution in [0.5, 0.6) is 0 Å². The van der Waals surface area contributed by atoms with Crippen LogP contribution in [0.15, 0.2) is 36.4 Å². The number of anilines is 1. The van der Waals surface area contributed by atoms with Gasteiger partial charge in [-0.3, -0.25) is 9.59 Å². The molecule has 108 valence electrons. The number of carbonyl (C=O) groups is 3. The number of fused-ring (bicyclic) bond motifs is 1. The van der Waals surface area contributed by atoms with E-state index in [0.717, 1.165) is 0 Å². The first kappa shape index (κ1) is 13.5. The van der Waals surface area contributed by atoms with Gasteiger partial charge in [0.15, 0.2) is 0 Å². The van der Waals surface area contributed by atoms with Gasteiger partial charge in [-0.25, -0.2) is 9.69 Å². The van der Waals surface area contributed by atoms with Gasteiger partial charge in [0.1, 0.15) is 0 Å². The first-order valence-electron chi connectivity index (χ1n) is 6.88. The molecule has 1 aromatic carbocycles. The van der Waals surface area contributed by atoms with Gasteiger partial charge in [0.2, 0.25) is 11.8 Å². The Balaban J connectivity index is 1.93. The monoisotopic (exact) mass is 285 g/mol. The molecule has 3 atom stereocenters. The van der Waals surface area contributed by atoms with E-state index < -0.39 is 5.97 Å². The van der Waals surface area contributed by atoms with Gasteiger partial charge in [0.05, 0.1) is 23.1 Å². The predicted molar refractivity (Wildman–Crippen MR) is 75.8 cm³/mol. The smallest absolute Gasteiger partial charge is 0.335 e. The molecule has 1 aromatic rings. The van der Waals surface area contributed by atoms with Gasteiger partial charge in [-0.05, 0) is 36.6 Å². The standard InChI is InChI=1S/C16H15NO4/c1-9-2-7-12-13(8-9)15(19)17(14(12)18)11-5-3-10(4-6-11)16(20)21/h2-7,9,12-13H,8H2,1H3,(H,20,21)/t9-,12-,13+/m1/s1. The lowest BCUT2D eigenvalue weighted by Crippen LogP contribution is -2.30. The Morgan fingerprint density at radius 1 is 1.14 bits per heavy atom. The highest BCUT2D eigenvalue weighted by Crippen LogP contribution is 2.38. The summed E-state index contributed by atoms with van der Waals surface area (Å²) in [6.07, 6.45) is 4.48. The summed E-state index contributed by atoms with van der Waals surface area (Å²) in [5, 5.41) is 8.89. The van der Waals surface area contributed by atoms with Crippen molar-refractivity contribution in [3.8, 4) is 0 Å². The first-order chi connectivity index (χ1) is 9.99. The Kier molecular flexibility index (Phi) is 3.12. The zero-order valence-corrected chi connectivity index (χ0v) is 11.5. The third-order valence-corrected chi connectivity index (χ3v) is 4.12. The number of nitrogens with zero attached hydrogens (tertiary/aromatic N) is 1. The molecule has 1 N–H and O–H groups in total. The molecule has 2 amide bonds. The second kappa shape index (κ2) is 4.84. The van der Waals surface area contributed by atoms with Crippen LogP contribution in [0.1, 0.15) is 23.7 Å². The Bertz CT molecular complexity index is 647. The topological polar surface area (TPSA) is 74.7 Å². The number of carboxylic acids is 1. The molecule has 1 heterocycles. The molecule has 0 aromatic heterocycles. The zero-order chi connectivity index (χ0) is 15.1. The van der Waals surface area contributed by atoms with Gasteiger partial charge in [-0.2, -0.15) is 0 Å². The minimum absolute atomic E-state index is 0.128. The van der Waals surface area contributed by atoms with Crippen molar-refractivity contribution < 1.29 is 19.5 Å². The number of aromatic carboxylic acids is 1. The van der Waals surface area contributed by atoms with Crippen LogP contribution >= 0.6 is 0 Å². The highest BCUT2D eigenvalue weighted by Gasteiger charge is 2.48. The number of carboxylic acid groups (broad SMARTS) is 1. The molecule has 1 aliphatic heterocycles. The second-order valence-corrected chi connectivity index (χ2v) is 5.59. The van der Waals surface area contributed by atoms with Crippen molar-refractivity contribution >= 4 is 23.5 Å². The molecule has 1 saturated heterocycles. The molecule has 5 heteroatoms. The van der Waals surface area contributed by atoms with Gasteiger partial charge >= 0.3 is 5.97 Å². The number of amides is 2. The first-order valence-corrected chi connectivity index (χ1v) is 6.88. The van der Waals surface area contributed by atoms with Crippen LogP contribution in [-0.2, 0) is 9.59 Å². The summed E-state index contributed by atoms with van der Waals surface area (Å²) >= 11 is 0. The molecule has 0 spiro atoms. The van der Waals surface area contributed by atoms with Crippen LogP contribution in [0.2, 0.25) is 0 Å². The zero-order valence-electron chi connectivity index (χ0n) is 11.5. The van der Waals surface area contributed by atoms with Gasteiger partial charge < -0.3 is 5.11 Å². The van der Waals surface area contributed by atoms with Crippen molar-refractivity contribution in [2.75, 3.05) is 4.90 Å². The van der Waals surface area contributed by atoms with Crippen LogP contribution in [0.4, 0.5) is 5.69 Å². The highest BCUT2D eigenvalue weighted by atomic mass is 16.4. The molecular weight excluding hydrogens is 270 g/mol. The average molecular weight is 285 g/mol. The van der Waals surface area contributed by atoms with Crippen molar-refractivity contribution in [3.05, 3.63) is 42.0 Å². The quantitative estimate of drug-likeness (QED) is 0.667. The average Bonchev–Trinajstić information content (AvgIpc) is 2.70. The maximum Gasteiger partial charge on any atom is 0.335 e. The van der Waals surface area contributed by atoms with E-state index in [1.807, 2.05) is 19.1 Å². The summed E-state index contributed by atoms with van der Waals surface area (Å²) in [5.41, 5.74) is 0.564. The summed E-state index contributed by atoms with van der Waals surface area (Å²) in [5.74, 6) is -1.84. The van der Waals surface area contributed by atoms with E-state index in [1.54, 1.807) is 0 Å². The molecule has 0 radical (unpaired) electrons. The predicted octanol–water partition coefficient (Wildman–Crippen LogP) is 2.09. The fraction of sp³-hybridized carbons (Fsp3) is 0.312. The van der Waals surface area contributed by atoms with Gasteiger partial charge in [0.25, 0.3) is 0 Å². The minimum Gasteiger partial charge on any atom is -0.478 e. The number of rotatable bonds is 2. The van der Waals surface area contributed by atoms with E-state index in [2.05, 4.69) is 0 Å².